The van der Waals surface area contributed by atoms with Crippen LogP contribution in [0.4, 0.5) is 0 Å². The Labute approximate surface area is 156 Å². The maximum Gasteiger partial charge on any atom is 0.339 e. The van der Waals surface area contributed by atoms with Gasteiger partial charge in [0.1, 0.15) is 23.7 Å². The van der Waals surface area contributed by atoms with Gasteiger partial charge in [0, 0.05) is 22.6 Å². The molecule has 0 bridgehead atoms. The van der Waals surface area contributed by atoms with Gasteiger partial charge in [0.15, 0.2) is 0 Å². The summed E-state index contributed by atoms with van der Waals surface area (Å²) in [6.45, 7) is 0.310. The molecule has 0 aliphatic heterocycles. The van der Waals surface area contributed by atoms with Gasteiger partial charge in [0.2, 0.25) is 0 Å². The van der Waals surface area contributed by atoms with Crippen molar-refractivity contribution in [3.05, 3.63) is 68.5 Å². The van der Waals surface area contributed by atoms with Crippen molar-refractivity contribution >= 4 is 22.6 Å². The molecule has 0 radical (unpaired) electrons. The van der Waals surface area contributed by atoms with Crippen LogP contribution >= 0.6 is 11.6 Å². The number of benzene rings is 2. The van der Waals surface area contributed by atoms with E-state index in [-0.39, 0.29) is 5.63 Å². The molecule has 4 rings (SSSR count). The van der Waals surface area contributed by atoms with E-state index in [4.69, 9.17) is 25.5 Å². The van der Waals surface area contributed by atoms with Crippen molar-refractivity contribution in [1.29, 1.82) is 0 Å². The minimum absolute atomic E-state index is 0.245. The van der Waals surface area contributed by atoms with Crippen molar-refractivity contribution in [2.75, 3.05) is 7.11 Å². The molecule has 0 amide bonds. The van der Waals surface area contributed by atoms with E-state index in [9.17, 15) is 4.79 Å². The van der Waals surface area contributed by atoms with E-state index < -0.39 is 0 Å². The average molecular weight is 371 g/mol. The fourth-order valence-electron chi connectivity index (χ4n) is 3.53. The molecule has 0 spiro atoms. The van der Waals surface area contributed by atoms with Gasteiger partial charge in [-0.15, -0.1) is 0 Å². The first-order valence-electron chi connectivity index (χ1n) is 8.70. The van der Waals surface area contributed by atoms with Crippen LogP contribution in [0.25, 0.3) is 11.0 Å². The Morgan fingerprint density at radius 1 is 1.08 bits per heavy atom. The van der Waals surface area contributed by atoms with Crippen LogP contribution in [0.1, 0.15) is 29.5 Å². The van der Waals surface area contributed by atoms with Crippen molar-refractivity contribution in [3.8, 4) is 11.5 Å². The fraction of sp³-hybridized carbons (Fsp3) is 0.286. The molecular formula is C21H19ClO4. The molecule has 1 heterocycles. The smallest absolute Gasteiger partial charge is 0.339 e. The number of fused-ring (bicyclic) bond motifs is 3. The Morgan fingerprint density at radius 2 is 1.85 bits per heavy atom. The summed E-state index contributed by atoms with van der Waals surface area (Å²) in [7, 11) is 1.62. The Balaban J connectivity index is 1.70. The largest absolute Gasteiger partial charge is 0.496 e. The Morgan fingerprint density at radius 3 is 2.65 bits per heavy atom. The Kier molecular flexibility index (Phi) is 4.60. The van der Waals surface area contributed by atoms with Gasteiger partial charge < -0.3 is 13.9 Å². The maximum absolute atomic E-state index is 12.3. The number of hydrogen-bond donors (Lipinski definition) is 0. The highest BCUT2D eigenvalue weighted by Crippen LogP contribution is 2.35. The van der Waals surface area contributed by atoms with Gasteiger partial charge >= 0.3 is 5.63 Å². The second-order valence-corrected chi connectivity index (χ2v) is 6.84. The van der Waals surface area contributed by atoms with E-state index in [0.29, 0.717) is 23.0 Å². The van der Waals surface area contributed by atoms with Crippen LogP contribution in [0.5, 0.6) is 11.5 Å². The van der Waals surface area contributed by atoms with Crippen LogP contribution in [0, 0.1) is 0 Å². The van der Waals surface area contributed by atoms with Crippen LogP contribution in [-0.2, 0) is 19.4 Å². The van der Waals surface area contributed by atoms with Crippen molar-refractivity contribution in [3.63, 3.8) is 0 Å². The molecule has 0 saturated heterocycles. The van der Waals surface area contributed by atoms with E-state index in [0.717, 1.165) is 53.5 Å². The van der Waals surface area contributed by atoms with Crippen molar-refractivity contribution < 1.29 is 13.9 Å². The lowest BCUT2D eigenvalue weighted by molar-refractivity contribution is 0.297. The van der Waals surface area contributed by atoms with Crippen LogP contribution in [0.2, 0.25) is 5.02 Å². The summed E-state index contributed by atoms with van der Waals surface area (Å²) < 4.78 is 16.8. The summed E-state index contributed by atoms with van der Waals surface area (Å²) in [5.74, 6) is 1.24. The van der Waals surface area contributed by atoms with Gasteiger partial charge in [0.25, 0.3) is 0 Å². The zero-order valence-electron chi connectivity index (χ0n) is 14.5. The minimum atomic E-state index is -0.245. The lowest BCUT2D eigenvalue weighted by Crippen LogP contribution is -2.15. The minimum Gasteiger partial charge on any atom is -0.496 e. The molecule has 1 aromatic heterocycles. The highest BCUT2D eigenvalue weighted by molar-refractivity contribution is 6.32. The predicted molar refractivity (Wildman–Crippen MR) is 101 cm³/mol. The van der Waals surface area contributed by atoms with E-state index in [1.165, 1.54) is 0 Å². The fourth-order valence-corrected chi connectivity index (χ4v) is 3.75. The standard InChI is InChI=1S/C21H19ClO4/c1-24-18-9-5-2-6-13(18)12-25-20-11-19-16(10-17(20)22)14-7-3-4-8-15(14)21(23)26-19/h2,5-6,9-11H,3-4,7-8,12H2,1H3. The third-order valence-corrected chi connectivity index (χ3v) is 5.15. The molecule has 4 nitrogen and oxygen atoms in total. The number of rotatable bonds is 4. The average Bonchev–Trinajstić information content (AvgIpc) is 2.67. The van der Waals surface area contributed by atoms with E-state index in [2.05, 4.69) is 0 Å². The van der Waals surface area contributed by atoms with Crippen molar-refractivity contribution in [2.24, 2.45) is 0 Å². The van der Waals surface area contributed by atoms with Gasteiger partial charge in [-0.05, 0) is 43.4 Å². The molecule has 5 heteroatoms. The highest BCUT2D eigenvalue weighted by atomic mass is 35.5. The van der Waals surface area contributed by atoms with Gasteiger partial charge in [-0.2, -0.15) is 0 Å². The van der Waals surface area contributed by atoms with Crippen molar-refractivity contribution in [1.82, 2.24) is 0 Å². The molecule has 1 aliphatic carbocycles. The van der Waals surface area contributed by atoms with Crippen LogP contribution in [-0.4, -0.2) is 7.11 Å². The topological polar surface area (TPSA) is 48.7 Å². The molecule has 26 heavy (non-hydrogen) atoms. The molecule has 0 saturated carbocycles. The molecule has 0 fully saturated rings. The number of halogens is 1. The first kappa shape index (κ1) is 17.0. The van der Waals surface area contributed by atoms with Crippen LogP contribution < -0.4 is 15.1 Å². The van der Waals surface area contributed by atoms with E-state index in [1.807, 2.05) is 30.3 Å². The van der Waals surface area contributed by atoms with Gasteiger partial charge in [-0.1, -0.05) is 29.8 Å². The Hall–Kier alpha value is -2.46. The Bertz CT molecular complexity index is 1020. The van der Waals surface area contributed by atoms with Gasteiger partial charge in [0.05, 0.1) is 12.1 Å². The molecule has 0 unspecified atom stereocenters. The van der Waals surface area contributed by atoms with Crippen LogP contribution in [0.3, 0.4) is 0 Å². The molecule has 2 aromatic carbocycles. The maximum atomic E-state index is 12.3. The second-order valence-electron chi connectivity index (χ2n) is 6.43. The van der Waals surface area contributed by atoms with Crippen LogP contribution in [0.15, 0.2) is 45.6 Å². The molecule has 3 aromatic rings. The third kappa shape index (κ3) is 3.06. The first-order valence-corrected chi connectivity index (χ1v) is 9.08. The first-order chi connectivity index (χ1) is 12.7. The third-order valence-electron chi connectivity index (χ3n) is 4.85. The summed E-state index contributed by atoms with van der Waals surface area (Å²) in [5, 5.41) is 1.42. The van der Waals surface area contributed by atoms with Crippen molar-refractivity contribution in [2.45, 2.75) is 32.3 Å². The summed E-state index contributed by atoms with van der Waals surface area (Å²) in [6, 6.07) is 11.2. The predicted octanol–water partition coefficient (Wildman–Crippen LogP) is 4.91. The van der Waals surface area contributed by atoms with Gasteiger partial charge in [-0.25, -0.2) is 4.79 Å². The van der Waals surface area contributed by atoms with Gasteiger partial charge in [-0.3, -0.25) is 0 Å². The molecular weight excluding hydrogens is 352 g/mol. The SMILES string of the molecule is COc1ccccc1COc1cc2oc(=O)c3c(c2cc1Cl)CCCC3. The molecule has 1 aliphatic rings. The number of para-hydroxylation sites is 1. The molecule has 0 atom stereocenters. The zero-order valence-corrected chi connectivity index (χ0v) is 15.3. The highest BCUT2D eigenvalue weighted by Gasteiger charge is 2.19. The lowest BCUT2D eigenvalue weighted by Gasteiger charge is -2.17. The number of ether oxygens (including phenoxy) is 2. The monoisotopic (exact) mass is 370 g/mol. The number of methoxy groups -OCH3 is 1. The second kappa shape index (κ2) is 7.04. The number of aryl methyl sites for hydroxylation is 1. The quantitative estimate of drug-likeness (QED) is 0.612. The number of hydrogen-bond acceptors (Lipinski definition) is 4. The molecule has 0 N–H and O–H groups in total. The summed E-state index contributed by atoms with van der Waals surface area (Å²) >= 11 is 6.45. The zero-order chi connectivity index (χ0) is 18.1. The van der Waals surface area contributed by atoms with E-state index in [1.54, 1.807) is 13.2 Å². The lowest BCUT2D eigenvalue weighted by atomic mass is 9.91. The normalized spacial score (nSPS) is 13.5. The molecule has 134 valence electrons. The summed E-state index contributed by atoms with van der Waals surface area (Å²) in [6.07, 6.45) is 3.76. The summed E-state index contributed by atoms with van der Waals surface area (Å²) in [5.41, 5.74) is 3.06. The summed E-state index contributed by atoms with van der Waals surface area (Å²) in [4.78, 5) is 12.3. The van der Waals surface area contributed by atoms with E-state index >= 15 is 0 Å².